The molecule has 10 nitrogen and oxygen atoms in total. The largest absolute Gasteiger partial charge is 0.369 e. The van der Waals surface area contributed by atoms with Crippen molar-refractivity contribution in [3.8, 4) is 0 Å². The van der Waals surface area contributed by atoms with Crippen molar-refractivity contribution in [2.75, 3.05) is 26.7 Å². The van der Waals surface area contributed by atoms with Gasteiger partial charge in [0.25, 0.3) is 0 Å². The van der Waals surface area contributed by atoms with Crippen molar-refractivity contribution in [1.82, 2.24) is 6.15 Å². The molecule has 47 heavy (non-hydrogen) atoms. The zero-order valence-electron chi connectivity index (χ0n) is 32.1. The highest BCUT2D eigenvalue weighted by atomic mass is 16.9. The van der Waals surface area contributed by atoms with E-state index < -0.39 is 10.2 Å². The van der Waals surface area contributed by atoms with Crippen molar-refractivity contribution >= 4 is 0 Å². The fourth-order valence-electron chi connectivity index (χ4n) is 6.28. The summed E-state index contributed by atoms with van der Waals surface area (Å²) >= 11 is 0. The molecule has 0 bridgehead atoms. The summed E-state index contributed by atoms with van der Waals surface area (Å²) in [4.78, 5) is 16.5. The highest BCUT2D eigenvalue weighted by Crippen LogP contribution is 2.18. The Morgan fingerprint density at radius 1 is 0.340 bits per heavy atom. The van der Waals surface area contributed by atoms with Crippen LogP contribution in [0.4, 0.5) is 0 Å². The molecule has 0 heterocycles. The van der Waals surface area contributed by atoms with Crippen LogP contribution in [0.5, 0.6) is 0 Å². The minimum Gasteiger partial charge on any atom is -0.369 e. The molecular formula is C37H82N4O6. The van der Waals surface area contributed by atoms with Crippen LogP contribution in [0.2, 0.25) is 0 Å². The molecule has 0 atom stereocenters. The van der Waals surface area contributed by atoms with E-state index in [1.165, 1.54) is 217 Å². The van der Waals surface area contributed by atoms with Crippen LogP contribution in [0, 0.1) is 30.6 Å². The van der Waals surface area contributed by atoms with E-state index in [-0.39, 0.29) is 6.15 Å². The van der Waals surface area contributed by atoms with E-state index in [1.807, 2.05) is 0 Å². The zero-order valence-corrected chi connectivity index (χ0v) is 32.1. The van der Waals surface area contributed by atoms with E-state index in [9.17, 15) is 0 Å². The lowest BCUT2D eigenvalue weighted by atomic mass is 10.0. The van der Waals surface area contributed by atoms with Gasteiger partial charge in [0.05, 0.1) is 36.9 Å². The third-order valence-electron chi connectivity index (χ3n) is 9.15. The molecule has 0 aliphatic carbocycles. The molecule has 0 unspecified atom stereocenters. The van der Waals surface area contributed by atoms with Gasteiger partial charge in [-0.1, -0.05) is 175 Å². The van der Waals surface area contributed by atoms with Crippen molar-refractivity contribution in [3.63, 3.8) is 0 Å². The van der Waals surface area contributed by atoms with E-state index in [4.69, 9.17) is 30.6 Å². The topological polar surface area (TPSA) is 169 Å². The van der Waals surface area contributed by atoms with Crippen LogP contribution in [-0.4, -0.2) is 41.3 Å². The summed E-state index contributed by atoms with van der Waals surface area (Å²) in [6.07, 6.45) is 43.8. The first-order valence-corrected chi connectivity index (χ1v) is 19.6. The monoisotopic (exact) mass is 679 g/mol. The van der Waals surface area contributed by atoms with E-state index >= 15 is 0 Å². The molecule has 0 aromatic rings. The highest BCUT2D eigenvalue weighted by Gasteiger charge is 2.20. The maximum Gasteiger partial charge on any atom is 0.0784 e. The van der Waals surface area contributed by atoms with Gasteiger partial charge in [-0.3, -0.25) is 0 Å². The second kappa shape index (κ2) is 44.3. The summed E-state index contributed by atoms with van der Waals surface area (Å²) in [6.45, 7) is 11.3. The van der Waals surface area contributed by atoms with Crippen molar-refractivity contribution in [2.45, 2.75) is 213 Å². The number of hydrogen-bond acceptors (Lipinski definition) is 6. The molecule has 0 aliphatic heterocycles. The molecule has 0 saturated carbocycles. The second-order valence-electron chi connectivity index (χ2n) is 13.8. The number of hydrogen-bond donors (Lipinski definition) is 1. The van der Waals surface area contributed by atoms with E-state index in [0.717, 1.165) is 0 Å². The van der Waals surface area contributed by atoms with E-state index in [0.29, 0.717) is 0 Å². The SMILES string of the molecule is CCCCCCCCCCCC[N+](C)(CCCCCCCCCCCC)CCCCCCCCCCCC.O=[N+]([O-])[O-].O=[N+]([O-])[O-].[NH4+]. The summed E-state index contributed by atoms with van der Waals surface area (Å²) in [5, 5.41) is 29.5. The van der Waals surface area contributed by atoms with Crippen molar-refractivity contribution in [2.24, 2.45) is 0 Å². The molecule has 4 N–H and O–H groups in total. The van der Waals surface area contributed by atoms with Gasteiger partial charge >= 0.3 is 0 Å². The van der Waals surface area contributed by atoms with Crippen LogP contribution in [-0.2, 0) is 0 Å². The summed E-state index contributed by atoms with van der Waals surface area (Å²) in [5.41, 5.74) is 0. The van der Waals surface area contributed by atoms with Gasteiger partial charge in [0, 0.05) is 0 Å². The molecule has 0 saturated heterocycles. The predicted octanol–water partition coefficient (Wildman–Crippen LogP) is 13.1. The number of nitrogens with zero attached hydrogens (tertiary/aromatic N) is 3. The Morgan fingerprint density at radius 3 is 0.617 bits per heavy atom. The predicted molar refractivity (Wildman–Crippen MR) is 203 cm³/mol. The molecular weight excluding hydrogens is 596 g/mol. The van der Waals surface area contributed by atoms with Gasteiger partial charge in [0.1, 0.15) is 0 Å². The molecule has 0 aromatic carbocycles. The lowest BCUT2D eigenvalue weighted by Crippen LogP contribution is -2.46. The van der Waals surface area contributed by atoms with Crippen molar-refractivity contribution < 1.29 is 14.7 Å². The highest BCUT2D eigenvalue weighted by molar-refractivity contribution is 4.53. The standard InChI is InChI=1S/C37H78N.2NO3.H3N/c1-5-8-11-14-17-20-23-26-29-32-35-38(4,36-33-30-27-24-21-18-15-12-9-6-2)37-34-31-28-25-22-19-16-13-10-7-3;2*2-1(3)4;/h5-37H2,1-4H3;;;1H3/q+1;2*-1;/p+1. The Kier molecular flexibility index (Phi) is 49.2. The average Bonchev–Trinajstić information content (AvgIpc) is 2.99. The Hall–Kier alpha value is -1.68. The summed E-state index contributed by atoms with van der Waals surface area (Å²) < 4.78 is 1.37. The van der Waals surface area contributed by atoms with Gasteiger partial charge in [-0.25, -0.2) is 0 Å². The van der Waals surface area contributed by atoms with Gasteiger partial charge in [-0.2, -0.15) is 0 Å². The molecule has 0 amide bonds. The van der Waals surface area contributed by atoms with Gasteiger partial charge in [-0.15, -0.1) is 0 Å². The lowest BCUT2D eigenvalue weighted by molar-refractivity contribution is -0.910. The Labute approximate surface area is 291 Å². The molecule has 286 valence electrons. The zero-order chi connectivity index (χ0) is 35.0. The number of quaternary nitrogens is 2. The van der Waals surface area contributed by atoms with Gasteiger partial charge in [0.2, 0.25) is 0 Å². The van der Waals surface area contributed by atoms with Crippen molar-refractivity contribution in [1.29, 1.82) is 0 Å². The first kappa shape index (κ1) is 52.1. The maximum atomic E-state index is 8.25. The third kappa shape index (κ3) is 57.0. The molecule has 0 radical (unpaired) electrons. The fourth-order valence-corrected chi connectivity index (χ4v) is 6.28. The van der Waals surface area contributed by atoms with Crippen LogP contribution < -0.4 is 6.15 Å². The Morgan fingerprint density at radius 2 is 0.468 bits per heavy atom. The molecule has 0 fully saturated rings. The maximum absolute atomic E-state index is 8.25. The summed E-state index contributed by atoms with van der Waals surface area (Å²) in [6, 6.07) is 0. The van der Waals surface area contributed by atoms with Crippen LogP contribution >= 0.6 is 0 Å². The molecule has 0 aliphatic rings. The quantitative estimate of drug-likeness (QED) is 0.0313. The minimum absolute atomic E-state index is 0. The average molecular weight is 679 g/mol. The first-order chi connectivity index (χ1) is 22.1. The van der Waals surface area contributed by atoms with Crippen molar-refractivity contribution in [3.05, 3.63) is 30.6 Å². The first-order valence-electron chi connectivity index (χ1n) is 19.6. The fraction of sp³-hybridized carbons (Fsp3) is 1.00. The summed E-state index contributed by atoms with van der Waals surface area (Å²) in [5.74, 6) is 0. The smallest absolute Gasteiger partial charge is 0.0784 e. The van der Waals surface area contributed by atoms with Gasteiger partial charge in [-0.05, 0) is 38.5 Å². The van der Waals surface area contributed by atoms with Crippen LogP contribution in [0.25, 0.3) is 0 Å². The lowest BCUT2D eigenvalue weighted by Gasteiger charge is -2.35. The summed E-state index contributed by atoms with van der Waals surface area (Å²) in [7, 11) is 2.61. The molecule has 0 rings (SSSR count). The van der Waals surface area contributed by atoms with Crippen LogP contribution in [0.15, 0.2) is 0 Å². The van der Waals surface area contributed by atoms with Crippen LogP contribution in [0.1, 0.15) is 213 Å². The molecule has 10 heteroatoms. The third-order valence-corrected chi connectivity index (χ3v) is 9.15. The second-order valence-corrected chi connectivity index (χ2v) is 13.8. The molecule has 0 spiro atoms. The Balaban J connectivity index is -0.000000914. The van der Waals surface area contributed by atoms with E-state index in [2.05, 4.69) is 27.8 Å². The van der Waals surface area contributed by atoms with Crippen LogP contribution in [0.3, 0.4) is 0 Å². The Bertz CT molecular complexity index is 534. The number of unbranched alkanes of at least 4 members (excludes halogenated alkanes) is 27. The van der Waals surface area contributed by atoms with Gasteiger partial charge < -0.3 is 41.3 Å². The van der Waals surface area contributed by atoms with E-state index in [1.54, 1.807) is 0 Å². The van der Waals surface area contributed by atoms with Gasteiger partial charge in [0.15, 0.2) is 0 Å². The normalized spacial score (nSPS) is 10.7. The number of rotatable bonds is 33. The molecule has 0 aromatic heterocycles. The minimum atomic E-state index is -1.75.